The third-order valence-electron chi connectivity index (χ3n) is 4.69. The minimum atomic E-state index is 0.744. The van der Waals surface area contributed by atoms with Crippen molar-refractivity contribution in [3.05, 3.63) is 60.4 Å². The quantitative estimate of drug-likeness (QED) is 0.701. The Bertz CT molecular complexity index is 842. The second kappa shape index (κ2) is 7.53. The van der Waals surface area contributed by atoms with Gasteiger partial charge in [0, 0.05) is 37.9 Å². The fourth-order valence-electron chi connectivity index (χ4n) is 3.25. The standard InChI is InChI=1S/C19H22N6O/c1-26-18-9-5-8-17(14-18)24-12-10-23(11-13-24)15-19-20-21-22-25(19)16-6-3-2-4-7-16/h2-9,14H,10-13,15H2,1H3. The van der Waals surface area contributed by atoms with Crippen LogP contribution in [0.25, 0.3) is 5.69 Å². The van der Waals surface area contributed by atoms with Gasteiger partial charge in [-0.25, -0.2) is 0 Å². The highest BCUT2D eigenvalue weighted by Crippen LogP contribution is 2.22. The summed E-state index contributed by atoms with van der Waals surface area (Å²) in [5.41, 5.74) is 2.20. The molecule has 1 saturated heterocycles. The van der Waals surface area contributed by atoms with Gasteiger partial charge in [-0.1, -0.05) is 24.3 Å². The van der Waals surface area contributed by atoms with E-state index in [1.807, 2.05) is 47.1 Å². The van der Waals surface area contributed by atoms with E-state index in [-0.39, 0.29) is 0 Å². The summed E-state index contributed by atoms with van der Waals surface area (Å²) >= 11 is 0. The average Bonchev–Trinajstić information content (AvgIpc) is 3.17. The molecule has 0 saturated carbocycles. The van der Waals surface area contributed by atoms with E-state index in [9.17, 15) is 0 Å². The van der Waals surface area contributed by atoms with Crippen molar-refractivity contribution in [2.24, 2.45) is 0 Å². The van der Waals surface area contributed by atoms with E-state index in [0.29, 0.717) is 0 Å². The molecule has 1 aliphatic rings. The largest absolute Gasteiger partial charge is 0.497 e. The van der Waals surface area contributed by atoms with E-state index >= 15 is 0 Å². The molecule has 0 amide bonds. The van der Waals surface area contributed by atoms with Crippen LogP contribution in [0.3, 0.4) is 0 Å². The average molecular weight is 350 g/mol. The van der Waals surface area contributed by atoms with Crippen LogP contribution in [0, 0.1) is 0 Å². The molecule has 1 aromatic heterocycles. The van der Waals surface area contributed by atoms with Crippen molar-refractivity contribution < 1.29 is 4.74 Å². The summed E-state index contributed by atoms with van der Waals surface area (Å²) in [5.74, 6) is 1.76. The molecule has 0 unspecified atom stereocenters. The van der Waals surface area contributed by atoms with Crippen LogP contribution in [-0.2, 0) is 6.54 Å². The molecule has 0 N–H and O–H groups in total. The minimum absolute atomic E-state index is 0.744. The lowest BCUT2D eigenvalue weighted by Gasteiger charge is -2.35. The molecular formula is C19H22N6O. The molecule has 0 bridgehead atoms. The summed E-state index contributed by atoms with van der Waals surface area (Å²) in [7, 11) is 1.70. The first-order valence-electron chi connectivity index (χ1n) is 8.77. The van der Waals surface area contributed by atoms with Gasteiger partial charge in [-0.2, -0.15) is 4.68 Å². The van der Waals surface area contributed by atoms with E-state index in [2.05, 4.69) is 37.5 Å². The molecule has 7 nitrogen and oxygen atoms in total. The molecule has 1 aliphatic heterocycles. The number of benzene rings is 2. The molecule has 0 radical (unpaired) electrons. The van der Waals surface area contributed by atoms with Gasteiger partial charge >= 0.3 is 0 Å². The summed E-state index contributed by atoms with van der Waals surface area (Å²) in [6.45, 7) is 4.63. The summed E-state index contributed by atoms with van der Waals surface area (Å²) in [4.78, 5) is 4.78. The van der Waals surface area contributed by atoms with Crippen molar-refractivity contribution in [2.75, 3.05) is 38.2 Å². The van der Waals surface area contributed by atoms with E-state index < -0.39 is 0 Å². The minimum Gasteiger partial charge on any atom is -0.497 e. The molecule has 3 aromatic rings. The Hall–Kier alpha value is -2.93. The van der Waals surface area contributed by atoms with Crippen molar-refractivity contribution in [3.8, 4) is 11.4 Å². The molecule has 4 rings (SSSR count). The number of ether oxygens (including phenoxy) is 1. The molecule has 2 aromatic carbocycles. The highest BCUT2D eigenvalue weighted by atomic mass is 16.5. The highest BCUT2D eigenvalue weighted by Gasteiger charge is 2.20. The van der Waals surface area contributed by atoms with Crippen molar-refractivity contribution >= 4 is 5.69 Å². The number of hydrogen-bond acceptors (Lipinski definition) is 6. The van der Waals surface area contributed by atoms with Gasteiger partial charge in [-0.15, -0.1) is 5.10 Å². The highest BCUT2D eigenvalue weighted by molar-refractivity contribution is 5.51. The molecule has 26 heavy (non-hydrogen) atoms. The van der Waals surface area contributed by atoms with Crippen LogP contribution in [0.15, 0.2) is 54.6 Å². The van der Waals surface area contributed by atoms with Crippen LogP contribution in [0.1, 0.15) is 5.82 Å². The van der Waals surface area contributed by atoms with Gasteiger partial charge in [-0.3, -0.25) is 4.90 Å². The second-order valence-corrected chi connectivity index (χ2v) is 6.31. The molecule has 0 aliphatic carbocycles. The number of anilines is 1. The van der Waals surface area contributed by atoms with E-state index in [1.54, 1.807) is 7.11 Å². The Kier molecular flexibility index (Phi) is 4.79. The van der Waals surface area contributed by atoms with Crippen molar-refractivity contribution in [2.45, 2.75) is 6.54 Å². The third kappa shape index (κ3) is 3.52. The Labute approximate surface area is 152 Å². The zero-order valence-corrected chi connectivity index (χ0v) is 14.8. The van der Waals surface area contributed by atoms with E-state index in [0.717, 1.165) is 50.0 Å². The van der Waals surface area contributed by atoms with Crippen LogP contribution in [0.4, 0.5) is 5.69 Å². The van der Waals surface area contributed by atoms with Gasteiger partial charge in [0.05, 0.1) is 19.3 Å². The maximum atomic E-state index is 5.33. The number of piperazine rings is 1. The zero-order chi connectivity index (χ0) is 17.8. The lowest BCUT2D eigenvalue weighted by atomic mass is 10.2. The van der Waals surface area contributed by atoms with Gasteiger partial charge in [0.15, 0.2) is 5.82 Å². The first-order valence-corrected chi connectivity index (χ1v) is 8.77. The van der Waals surface area contributed by atoms with Crippen molar-refractivity contribution in [1.82, 2.24) is 25.1 Å². The topological polar surface area (TPSA) is 59.3 Å². The number of hydrogen-bond donors (Lipinski definition) is 0. The molecule has 7 heteroatoms. The lowest BCUT2D eigenvalue weighted by Crippen LogP contribution is -2.46. The maximum Gasteiger partial charge on any atom is 0.170 e. The number of nitrogens with zero attached hydrogens (tertiary/aromatic N) is 6. The normalized spacial score (nSPS) is 15.2. The summed E-state index contributed by atoms with van der Waals surface area (Å²) in [6.07, 6.45) is 0. The number of methoxy groups -OCH3 is 1. The van der Waals surface area contributed by atoms with Gasteiger partial charge in [0.1, 0.15) is 5.75 Å². The third-order valence-corrected chi connectivity index (χ3v) is 4.69. The van der Waals surface area contributed by atoms with E-state index in [4.69, 9.17) is 4.74 Å². The van der Waals surface area contributed by atoms with Gasteiger partial charge < -0.3 is 9.64 Å². The molecule has 0 atom stereocenters. The molecular weight excluding hydrogens is 328 g/mol. The molecule has 2 heterocycles. The Morgan fingerprint density at radius 3 is 2.46 bits per heavy atom. The number of para-hydroxylation sites is 1. The molecule has 1 fully saturated rings. The molecule has 0 spiro atoms. The summed E-state index contributed by atoms with van der Waals surface area (Å²) in [6, 6.07) is 18.2. The predicted octanol–water partition coefficient (Wildman–Crippen LogP) is 1.99. The fraction of sp³-hybridized carbons (Fsp3) is 0.316. The zero-order valence-electron chi connectivity index (χ0n) is 14.8. The number of aromatic nitrogens is 4. The first kappa shape index (κ1) is 16.5. The van der Waals surface area contributed by atoms with Gasteiger partial charge in [-0.05, 0) is 34.7 Å². The van der Waals surface area contributed by atoms with Crippen LogP contribution < -0.4 is 9.64 Å². The SMILES string of the molecule is COc1cccc(N2CCN(Cc3nnnn3-c3ccccc3)CC2)c1. The first-order chi connectivity index (χ1) is 12.8. The second-order valence-electron chi connectivity index (χ2n) is 6.31. The van der Waals surface area contributed by atoms with Crippen molar-refractivity contribution in [1.29, 1.82) is 0 Å². The van der Waals surface area contributed by atoms with Crippen LogP contribution >= 0.6 is 0 Å². The molecule has 134 valence electrons. The van der Waals surface area contributed by atoms with Crippen LogP contribution in [0.5, 0.6) is 5.75 Å². The fourth-order valence-corrected chi connectivity index (χ4v) is 3.25. The number of tetrazole rings is 1. The van der Waals surface area contributed by atoms with Crippen molar-refractivity contribution in [3.63, 3.8) is 0 Å². The van der Waals surface area contributed by atoms with Gasteiger partial charge in [0.2, 0.25) is 0 Å². The van der Waals surface area contributed by atoms with Gasteiger partial charge in [0.25, 0.3) is 0 Å². The van der Waals surface area contributed by atoms with Crippen LogP contribution in [0.2, 0.25) is 0 Å². The Morgan fingerprint density at radius 2 is 1.69 bits per heavy atom. The Morgan fingerprint density at radius 1 is 0.923 bits per heavy atom. The maximum absolute atomic E-state index is 5.33. The smallest absolute Gasteiger partial charge is 0.170 e. The number of rotatable bonds is 5. The lowest BCUT2D eigenvalue weighted by molar-refractivity contribution is 0.242. The summed E-state index contributed by atoms with van der Waals surface area (Å²) < 4.78 is 7.14. The Balaban J connectivity index is 1.40. The summed E-state index contributed by atoms with van der Waals surface area (Å²) in [5, 5.41) is 12.2. The van der Waals surface area contributed by atoms with E-state index in [1.165, 1.54) is 5.69 Å². The monoisotopic (exact) mass is 350 g/mol. The van der Waals surface area contributed by atoms with Crippen LogP contribution in [-0.4, -0.2) is 58.4 Å². The predicted molar refractivity (Wildman–Crippen MR) is 99.6 cm³/mol.